The lowest BCUT2D eigenvalue weighted by atomic mass is 9.89. The number of halogens is 1. The fourth-order valence-electron chi connectivity index (χ4n) is 2.38. The van der Waals surface area contributed by atoms with Gasteiger partial charge in [0.15, 0.2) is 0 Å². The number of ether oxygens (including phenoxy) is 1. The smallest absolute Gasteiger partial charge is 0.0626 e. The fourth-order valence-corrected chi connectivity index (χ4v) is 2.83. The summed E-state index contributed by atoms with van der Waals surface area (Å²) >= 11 is 3.51. The highest BCUT2D eigenvalue weighted by atomic mass is 79.9. The summed E-state index contributed by atoms with van der Waals surface area (Å²) < 4.78 is 6.71. The first-order valence-corrected chi connectivity index (χ1v) is 6.57. The summed E-state index contributed by atoms with van der Waals surface area (Å²) in [6, 6.07) is 8.54. The van der Waals surface area contributed by atoms with Crippen LogP contribution >= 0.6 is 15.9 Å². The van der Waals surface area contributed by atoms with E-state index in [4.69, 9.17) is 4.74 Å². The molecule has 2 atom stereocenters. The number of benzene rings is 1. The van der Waals surface area contributed by atoms with Gasteiger partial charge in [0.2, 0.25) is 0 Å². The molecule has 2 unspecified atom stereocenters. The second-order valence-electron chi connectivity index (χ2n) is 4.36. The van der Waals surface area contributed by atoms with E-state index in [1.54, 1.807) is 0 Å². The van der Waals surface area contributed by atoms with E-state index in [0.29, 0.717) is 12.0 Å². The molecular formula is C13H18BrNO. The Hall–Kier alpha value is -0.380. The molecule has 1 N–H and O–H groups in total. The van der Waals surface area contributed by atoms with E-state index in [1.165, 1.54) is 5.56 Å². The average Bonchev–Trinajstić information content (AvgIpc) is 2.30. The summed E-state index contributed by atoms with van der Waals surface area (Å²) in [7, 11) is 1.82. The van der Waals surface area contributed by atoms with Crippen LogP contribution in [0.2, 0.25) is 0 Å². The van der Waals surface area contributed by atoms with Crippen molar-refractivity contribution in [3.05, 3.63) is 34.3 Å². The van der Waals surface area contributed by atoms with Crippen LogP contribution in [0.1, 0.15) is 12.0 Å². The molecule has 0 aliphatic carbocycles. The number of hydrogen-bond donors (Lipinski definition) is 1. The van der Waals surface area contributed by atoms with Crippen molar-refractivity contribution in [3.8, 4) is 0 Å². The molecule has 0 radical (unpaired) electrons. The van der Waals surface area contributed by atoms with Gasteiger partial charge >= 0.3 is 0 Å². The van der Waals surface area contributed by atoms with Gasteiger partial charge in [-0.25, -0.2) is 0 Å². The minimum Gasteiger partial charge on any atom is -0.381 e. The molecule has 0 aromatic heterocycles. The molecule has 3 heteroatoms. The molecular weight excluding hydrogens is 266 g/mol. The van der Waals surface area contributed by atoms with Crippen LogP contribution in [0.15, 0.2) is 28.7 Å². The van der Waals surface area contributed by atoms with Gasteiger partial charge in [-0.05, 0) is 37.1 Å². The second kappa shape index (κ2) is 5.80. The monoisotopic (exact) mass is 283 g/mol. The van der Waals surface area contributed by atoms with E-state index in [2.05, 4.69) is 45.5 Å². The van der Waals surface area contributed by atoms with E-state index in [1.807, 2.05) is 7.11 Å². The van der Waals surface area contributed by atoms with Crippen LogP contribution in [-0.2, 0) is 11.2 Å². The third kappa shape index (κ3) is 3.06. The number of rotatable bonds is 3. The Bertz CT molecular complexity index is 342. The highest BCUT2D eigenvalue weighted by molar-refractivity contribution is 9.10. The molecule has 1 aliphatic rings. The maximum Gasteiger partial charge on any atom is 0.0626 e. The molecule has 2 nitrogen and oxygen atoms in total. The molecule has 1 aliphatic heterocycles. The summed E-state index contributed by atoms with van der Waals surface area (Å²) in [5.41, 5.74) is 1.38. The molecule has 2 rings (SSSR count). The molecule has 0 amide bonds. The first-order valence-electron chi connectivity index (χ1n) is 5.77. The number of piperidine rings is 1. The van der Waals surface area contributed by atoms with Crippen molar-refractivity contribution in [3.63, 3.8) is 0 Å². The molecule has 16 heavy (non-hydrogen) atoms. The van der Waals surface area contributed by atoms with Crippen molar-refractivity contribution in [2.75, 3.05) is 20.2 Å². The average molecular weight is 284 g/mol. The fraction of sp³-hybridized carbons (Fsp3) is 0.538. The summed E-state index contributed by atoms with van der Waals surface area (Å²) in [5.74, 6) is 0.591. The van der Waals surface area contributed by atoms with Gasteiger partial charge in [-0.1, -0.05) is 28.1 Å². The normalized spacial score (nSPS) is 25.6. The van der Waals surface area contributed by atoms with E-state index in [9.17, 15) is 0 Å². The lowest BCUT2D eigenvalue weighted by Gasteiger charge is -2.31. The van der Waals surface area contributed by atoms with Crippen molar-refractivity contribution in [1.82, 2.24) is 5.32 Å². The van der Waals surface area contributed by atoms with E-state index in [0.717, 1.165) is 30.4 Å². The van der Waals surface area contributed by atoms with E-state index in [-0.39, 0.29) is 0 Å². The molecule has 0 spiro atoms. The van der Waals surface area contributed by atoms with Crippen LogP contribution in [0.5, 0.6) is 0 Å². The van der Waals surface area contributed by atoms with Gasteiger partial charge in [0.05, 0.1) is 6.10 Å². The van der Waals surface area contributed by atoms with Crippen molar-refractivity contribution in [2.45, 2.75) is 18.9 Å². The predicted molar refractivity (Wildman–Crippen MR) is 69.6 cm³/mol. The zero-order valence-corrected chi connectivity index (χ0v) is 11.2. The first kappa shape index (κ1) is 12.1. The van der Waals surface area contributed by atoms with Crippen LogP contribution in [0, 0.1) is 5.92 Å². The SMILES string of the molecule is COC1CCNCC1Cc1cccc(Br)c1. The summed E-state index contributed by atoms with van der Waals surface area (Å²) in [5, 5.41) is 3.44. The summed E-state index contributed by atoms with van der Waals surface area (Å²) in [6.45, 7) is 2.14. The summed E-state index contributed by atoms with van der Waals surface area (Å²) in [4.78, 5) is 0. The van der Waals surface area contributed by atoms with Crippen LogP contribution in [0.3, 0.4) is 0 Å². The summed E-state index contributed by atoms with van der Waals surface area (Å²) in [6.07, 6.45) is 2.61. The molecule has 1 aromatic rings. The Morgan fingerprint density at radius 3 is 3.12 bits per heavy atom. The molecule has 1 heterocycles. The van der Waals surface area contributed by atoms with Crippen molar-refractivity contribution in [2.24, 2.45) is 5.92 Å². The number of methoxy groups -OCH3 is 1. The third-order valence-corrected chi connectivity index (χ3v) is 3.72. The molecule has 0 bridgehead atoms. The molecule has 1 fully saturated rings. The van der Waals surface area contributed by atoms with E-state index >= 15 is 0 Å². The zero-order chi connectivity index (χ0) is 11.4. The molecule has 0 saturated carbocycles. The topological polar surface area (TPSA) is 21.3 Å². The van der Waals surface area contributed by atoms with Gasteiger partial charge in [0.1, 0.15) is 0 Å². The molecule has 88 valence electrons. The first-order chi connectivity index (χ1) is 7.79. The Morgan fingerprint density at radius 2 is 2.38 bits per heavy atom. The number of nitrogens with one attached hydrogen (secondary N) is 1. The lowest BCUT2D eigenvalue weighted by molar-refractivity contribution is 0.0311. The van der Waals surface area contributed by atoms with Crippen molar-refractivity contribution < 1.29 is 4.74 Å². The Kier molecular flexibility index (Phi) is 4.38. The van der Waals surface area contributed by atoms with Gasteiger partial charge in [0.25, 0.3) is 0 Å². The quantitative estimate of drug-likeness (QED) is 0.921. The van der Waals surface area contributed by atoms with Crippen molar-refractivity contribution >= 4 is 15.9 Å². The van der Waals surface area contributed by atoms with Gasteiger partial charge in [-0.2, -0.15) is 0 Å². The maximum absolute atomic E-state index is 5.55. The van der Waals surface area contributed by atoms with Gasteiger partial charge < -0.3 is 10.1 Å². The van der Waals surface area contributed by atoms with E-state index < -0.39 is 0 Å². The van der Waals surface area contributed by atoms with Gasteiger partial charge in [-0.3, -0.25) is 0 Å². The number of hydrogen-bond acceptors (Lipinski definition) is 2. The predicted octanol–water partition coefficient (Wildman–Crippen LogP) is 2.62. The Morgan fingerprint density at radius 1 is 1.50 bits per heavy atom. The minimum atomic E-state index is 0.403. The molecule has 1 saturated heterocycles. The van der Waals surface area contributed by atoms with Crippen LogP contribution in [0.25, 0.3) is 0 Å². The Labute approximate surface area is 106 Å². The lowest BCUT2D eigenvalue weighted by Crippen LogP contribution is -2.41. The second-order valence-corrected chi connectivity index (χ2v) is 5.28. The Balaban J connectivity index is 2.02. The zero-order valence-electron chi connectivity index (χ0n) is 9.58. The largest absolute Gasteiger partial charge is 0.381 e. The third-order valence-electron chi connectivity index (χ3n) is 3.23. The van der Waals surface area contributed by atoms with Crippen LogP contribution in [-0.4, -0.2) is 26.3 Å². The highest BCUT2D eigenvalue weighted by Crippen LogP contribution is 2.21. The van der Waals surface area contributed by atoms with Crippen molar-refractivity contribution in [1.29, 1.82) is 0 Å². The van der Waals surface area contributed by atoms with Gasteiger partial charge in [0, 0.05) is 24.0 Å². The highest BCUT2D eigenvalue weighted by Gasteiger charge is 2.24. The standard InChI is InChI=1S/C13H18BrNO/c1-16-13-5-6-15-9-11(13)7-10-3-2-4-12(14)8-10/h2-4,8,11,13,15H,5-7,9H2,1H3. The van der Waals surface area contributed by atoms with Gasteiger partial charge in [-0.15, -0.1) is 0 Å². The van der Waals surface area contributed by atoms with Crippen LogP contribution < -0.4 is 5.32 Å². The van der Waals surface area contributed by atoms with Crippen LogP contribution in [0.4, 0.5) is 0 Å². The molecule has 1 aromatic carbocycles. The minimum absolute atomic E-state index is 0.403. The maximum atomic E-state index is 5.55.